The first-order chi connectivity index (χ1) is 18.0. The Kier molecular flexibility index (Phi) is 6.29. The molecule has 0 spiro atoms. The maximum Gasteiger partial charge on any atom is 0.264 e. The Morgan fingerprint density at radius 3 is 2.66 bits per heavy atom. The molecule has 0 saturated carbocycles. The highest BCUT2D eigenvalue weighted by atomic mass is 35.5. The second-order valence-corrected chi connectivity index (χ2v) is 10.8. The van der Waals surface area contributed by atoms with E-state index in [0.29, 0.717) is 16.8 Å². The van der Waals surface area contributed by atoms with Crippen LogP contribution in [0.4, 0.5) is 11.5 Å². The highest BCUT2D eigenvalue weighted by Gasteiger charge is 2.24. The molecule has 0 fully saturated rings. The van der Waals surface area contributed by atoms with Gasteiger partial charge in [-0.3, -0.25) is 18.9 Å². The molecular weight excluding hydrogens is 530 g/mol. The van der Waals surface area contributed by atoms with E-state index in [4.69, 9.17) is 17.3 Å². The third-order valence-corrected chi connectivity index (χ3v) is 6.79. The average molecular weight is 552 g/mol. The number of nitrogens with zero attached hydrogens (tertiary/aromatic N) is 4. The molecular formula is C25H22ClN7O4S. The van der Waals surface area contributed by atoms with Crippen molar-refractivity contribution in [1.29, 1.82) is 0 Å². The number of amides is 1. The van der Waals surface area contributed by atoms with Crippen LogP contribution in [-0.2, 0) is 10.0 Å². The summed E-state index contributed by atoms with van der Waals surface area (Å²) in [5.74, 6) is -0.517. The second kappa shape index (κ2) is 9.47. The Hall–Kier alpha value is -4.42. The minimum atomic E-state index is -3.56. The summed E-state index contributed by atoms with van der Waals surface area (Å²) in [5.41, 5.74) is 7.05. The molecule has 0 saturated heterocycles. The lowest BCUT2D eigenvalue weighted by Crippen LogP contribution is -2.32. The van der Waals surface area contributed by atoms with Crippen LogP contribution >= 0.6 is 11.6 Å². The van der Waals surface area contributed by atoms with Crippen LogP contribution in [0, 0.1) is 0 Å². The number of nitrogens with two attached hydrogens (primary N) is 1. The molecule has 1 atom stereocenters. The zero-order valence-electron chi connectivity index (χ0n) is 20.2. The van der Waals surface area contributed by atoms with Crippen LogP contribution in [0.25, 0.3) is 22.1 Å². The number of sulfonamides is 1. The number of rotatable bonds is 6. The first kappa shape index (κ1) is 25.2. The summed E-state index contributed by atoms with van der Waals surface area (Å²) >= 11 is 6.39. The number of aromatic nitrogens is 4. The van der Waals surface area contributed by atoms with E-state index < -0.39 is 27.5 Å². The van der Waals surface area contributed by atoms with Crippen LogP contribution in [0.15, 0.2) is 71.8 Å². The second-order valence-electron chi connectivity index (χ2n) is 8.68. The Balaban J connectivity index is 1.65. The third-order valence-electron chi connectivity index (χ3n) is 5.87. The van der Waals surface area contributed by atoms with Gasteiger partial charge in [0.15, 0.2) is 11.5 Å². The van der Waals surface area contributed by atoms with Crippen molar-refractivity contribution in [1.82, 2.24) is 24.5 Å². The van der Waals surface area contributed by atoms with E-state index in [-0.39, 0.29) is 33.1 Å². The van der Waals surface area contributed by atoms with Crippen molar-refractivity contribution in [3.8, 4) is 5.69 Å². The fourth-order valence-electron chi connectivity index (χ4n) is 4.31. The van der Waals surface area contributed by atoms with Gasteiger partial charge in [-0.25, -0.2) is 17.9 Å². The lowest BCUT2D eigenvalue weighted by atomic mass is 10.1. The lowest BCUT2D eigenvalue weighted by molar-refractivity contribution is 0.0941. The molecule has 2 aromatic carbocycles. The van der Waals surface area contributed by atoms with Crippen molar-refractivity contribution in [2.24, 2.45) is 0 Å². The first-order valence-corrected chi connectivity index (χ1v) is 13.6. The molecule has 38 heavy (non-hydrogen) atoms. The summed E-state index contributed by atoms with van der Waals surface area (Å²) in [4.78, 5) is 31.3. The Bertz CT molecular complexity index is 1900. The van der Waals surface area contributed by atoms with Gasteiger partial charge >= 0.3 is 0 Å². The summed E-state index contributed by atoms with van der Waals surface area (Å²) in [6.07, 6.45) is 4.19. The number of benzene rings is 2. The zero-order chi connectivity index (χ0) is 27.2. The lowest BCUT2D eigenvalue weighted by Gasteiger charge is -2.21. The molecule has 3 heterocycles. The first-order valence-electron chi connectivity index (χ1n) is 11.4. The van der Waals surface area contributed by atoms with Crippen LogP contribution in [0.1, 0.15) is 29.0 Å². The Morgan fingerprint density at radius 1 is 1.13 bits per heavy atom. The number of carbonyl (C=O) groups excluding carboxylic acids is 1. The van der Waals surface area contributed by atoms with Gasteiger partial charge in [-0.1, -0.05) is 29.8 Å². The fraction of sp³-hybridized carbons (Fsp3) is 0.120. The van der Waals surface area contributed by atoms with Gasteiger partial charge in [-0.05, 0) is 48.7 Å². The van der Waals surface area contributed by atoms with Gasteiger partial charge in [-0.2, -0.15) is 0 Å². The number of nitrogen functional groups attached to an aromatic ring is 1. The highest BCUT2D eigenvalue weighted by molar-refractivity contribution is 7.92. The van der Waals surface area contributed by atoms with Crippen LogP contribution in [0.5, 0.6) is 0 Å². The minimum Gasteiger partial charge on any atom is -0.381 e. The normalized spacial score (nSPS) is 12.5. The Labute approximate surface area is 221 Å². The number of hydrogen-bond donors (Lipinski definition) is 3. The van der Waals surface area contributed by atoms with Crippen LogP contribution < -0.4 is 21.3 Å². The summed E-state index contributed by atoms with van der Waals surface area (Å²) in [6, 6.07) is 14.2. The van der Waals surface area contributed by atoms with E-state index in [2.05, 4.69) is 20.1 Å². The molecule has 0 radical (unpaired) electrons. The van der Waals surface area contributed by atoms with Crippen molar-refractivity contribution >= 4 is 55.5 Å². The van der Waals surface area contributed by atoms with Gasteiger partial charge < -0.3 is 11.1 Å². The van der Waals surface area contributed by atoms with Gasteiger partial charge in [-0.15, -0.1) is 5.10 Å². The molecule has 0 bridgehead atoms. The minimum absolute atomic E-state index is 0.00985. The Morgan fingerprint density at radius 2 is 1.89 bits per heavy atom. The van der Waals surface area contributed by atoms with Crippen molar-refractivity contribution in [2.75, 3.05) is 16.7 Å². The number of carbonyl (C=O) groups is 1. The predicted octanol–water partition coefficient (Wildman–Crippen LogP) is 3.13. The number of nitrogens with one attached hydrogen (secondary N) is 2. The summed E-state index contributed by atoms with van der Waals surface area (Å²) in [6.45, 7) is 1.72. The summed E-state index contributed by atoms with van der Waals surface area (Å²) in [7, 11) is -3.56. The standard InChI is InChI=1S/C25H22ClN7O4S/c1-14(29-24(34)21-22(27)30-32-11-5-10-28-23(21)32)19-12-15-6-3-9-18(26)20(15)25(35)33(19)17-8-4-7-16(13-17)31-38(2,36)37/h3-14,31H,1-2H3,(H2,27,30)(H,29,34)/t14-/m0/s1. The monoisotopic (exact) mass is 551 g/mol. The molecule has 194 valence electrons. The molecule has 1 amide bonds. The van der Waals surface area contributed by atoms with E-state index in [1.807, 2.05) is 0 Å². The van der Waals surface area contributed by atoms with E-state index >= 15 is 0 Å². The number of anilines is 2. The predicted molar refractivity (Wildman–Crippen MR) is 146 cm³/mol. The number of hydrogen-bond acceptors (Lipinski definition) is 7. The highest BCUT2D eigenvalue weighted by Crippen LogP contribution is 2.27. The van der Waals surface area contributed by atoms with Crippen molar-refractivity contribution < 1.29 is 13.2 Å². The SMILES string of the molecule is C[C@H](NC(=O)c1c(N)nn2cccnc12)c1cc2cccc(Cl)c2c(=O)n1-c1cccc(NS(C)(=O)=O)c1. The van der Waals surface area contributed by atoms with Crippen LogP contribution in [0.2, 0.25) is 5.02 Å². The number of halogens is 1. The molecule has 0 unspecified atom stereocenters. The smallest absolute Gasteiger partial charge is 0.264 e. The van der Waals surface area contributed by atoms with Crippen molar-refractivity contribution in [3.05, 3.63) is 93.6 Å². The van der Waals surface area contributed by atoms with E-state index in [0.717, 1.165) is 6.26 Å². The zero-order valence-corrected chi connectivity index (χ0v) is 21.8. The van der Waals surface area contributed by atoms with Gasteiger partial charge in [0.05, 0.1) is 34.1 Å². The fourth-order valence-corrected chi connectivity index (χ4v) is 5.13. The summed E-state index contributed by atoms with van der Waals surface area (Å²) < 4.78 is 28.8. The van der Waals surface area contributed by atoms with Crippen molar-refractivity contribution in [2.45, 2.75) is 13.0 Å². The molecule has 5 aromatic rings. The molecule has 13 heteroatoms. The number of fused-ring (bicyclic) bond motifs is 2. The van der Waals surface area contributed by atoms with E-state index in [9.17, 15) is 18.0 Å². The topological polar surface area (TPSA) is 153 Å². The average Bonchev–Trinajstić information content (AvgIpc) is 3.18. The van der Waals surface area contributed by atoms with E-state index in [1.54, 1.807) is 61.7 Å². The van der Waals surface area contributed by atoms with Crippen LogP contribution in [0.3, 0.4) is 0 Å². The molecule has 11 nitrogen and oxygen atoms in total. The van der Waals surface area contributed by atoms with Crippen molar-refractivity contribution in [3.63, 3.8) is 0 Å². The molecule has 4 N–H and O–H groups in total. The quantitative estimate of drug-likeness (QED) is 0.293. The largest absolute Gasteiger partial charge is 0.381 e. The maximum absolute atomic E-state index is 13.8. The van der Waals surface area contributed by atoms with Crippen LogP contribution in [-0.4, -0.2) is 39.7 Å². The molecule has 0 aliphatic rings. The van der Waals surface area contributed by atoms with Gasteiger partial charge in [0.1, 0.15) is 5.56 Å². The number of pyridine rings is 1. The van der Waals surface area contributed by atoms with Gasteiger partial charge in [0.25, 0.3) is 11.5 Å². The van der Waals surface area contributed by atoms with E-state index in [1.165, 1.54) is 21.3 Å². The molecule has 0 aliphatic heterocycles. The molecule has 0 aliphatic carbocycles. The third kappa shape index (κ3) is 4.66. The van der Waals surface area contributed by atoms with Gasteiger partial charge in [0.2, 0.25) is 10.0 Å². The molecule has 3 aromatic heterocycles. The maximum atomic E-state index is 13.8. The van der Waals surface area contributed by atoms with Gasteiger partial charge in [0, 0.05) is 18.1 Å². The summed E-state index contributed by atoms with van der Waals surface area (Å²) in [5, 5.41) is 8.14. The molecule has 5 rings (SSSR count).